The van der Waals surface area contributed by atoms with Crippen LogP contribution in [0.3, 0.4) is 0 Å². The zero-order valence-electron chi connectivity index (χ0n) is 11.3. The number of aromatic nitrogens is 1. The Kier molecular flexibility index (Phi) is 6.21. The molecule has 6 heteroatoms. The summed E-state index contributed by atoms with van der Waals surface area (Å²) in [7, 11) is 0. The molecule has 0 fully saturated rings. The highest BCUT2D eigenvalue weighted by Gasteiger charge is 2.13. The van der Waals surface area contributed by atoms with E-state index in [4.69, 9.17) is 10.3 Å². The van der Waals surface area contributed by atoms with E-state index in [9.17, 15) is 4.79 Å². The average Bonchev–Trinajstić information content (AvgIpc) is 2.89. The van der Waals surface area contributed by atoms with Gasteiger partial charge in [-0.1, -0.05) is 35.0 Å². The topological polar surface area (TPSA) is 81.2 Å². The highest BCUT2D eigenvalue weighted by Crippen LogP contribution is 2.19. The summed E-state index contributed by atoms with van der Waals surface area (Å²) >= 11 is 0. The second-order valence-corrected chi connectivity index (χ2v) is 4.34. The van der Waals surface area contributed by atoms with E-state index in [1.807, 2.05) is 31.2 Å². The molecule has 0 spiro atoms. The van der Waals surface area contributed by atoms with E-state index >= 15 is 0 Å². The van der Waals surface area contributed by atoms with E-state index in [0.29, 0.717) is 18.8 Å². The first-order valence-electron chi connectivity index (χ1n) is 6.22. The number of carbonyl (C=O) groups excluding carboxylic acids is 1. The van der Waals surface area contributed by atoms with E-state index in [1.54, 1.807) is 6.07 Å². The van der Waals surface area contributed by atoms with Crippen LogP contribution < -0.4 is 11.1 Å². The number of aryl methyl sites for hydroxylation is 1. The van der Waals surface area contributed by atoms with E-state index in [2.05, 4.69) is 10.5 Å². The lowest BCUT2D eigenvalue weighted by Gasteiger charge is -1.99. The van der Waals surface area contributed by atoms with Gasteiger partial charge in [0.15, 0.2) is 0 Å². The summed E-state index contributed by atoms with van der Waals surface area (Å²) in [5.41, 5.74) is 8.11. The van der Waals surface area contributed by atoms with Crippen molar-refractivity contribution in [2.45, 2.75) is 13.3 Å². The molecule has 0 radical (unpaired) electrons. The SMILES string of the molecule is Cc1ccc(-c2cc(C(=O)NCCCN)on2)cc1.Cl. The van der Waals surface area contributed by atoms with Crippen LogP contribution in [-0.2, 0) is 0 Å². The van der Waals surface area contributed by atoms with Crippen molar-refractivity contribution in [1.82, 2.24) is 10.5 Å². The maximum atomic E-state index is 11.7. The zero-order chi connectivity index (χ0) is 13.7. The van der Waals surface area contributed by atoms with E-state index in [0.717, 1.165) is 12.0 Å². The highest BCUT2D eigenvalue weighted by molar-refractivity contribution is 5.92. The normalized spacial score (nSPS) is 9.90. The number of nitrogens with two attached hydrogens (primary N) is 1. The van der Waals surface area contributed by atoms with Crippen LogP contribution >= 0.6 is 12.4 Å². The molecule has 5 nitrogen and oxygen atoms in total. The number of rotatable bonds is 5. The van der Waals surface area contributed by atoms with Gasteiger partial charge in [0, 0.05) is 18.2 Å². The van der Waals surface area contributed by atoms with E-state index < -0.39 is 0 Å². The molecule has 0 aliphatic heterocycles. The van der Waals surface area contributed by atoms with Crippen molar-refractivity contribution in [1.29, 1.82) is 0 Å². The monoisotopic (exact) mass is 295 g/mol. The first-order chi connectivity index (χ1) is 9.20. The fourth-order valence-corrected chi connectivity index (χ4v) is 1.63. The number of nitrogens with zero attached hydrogens (tertiary/aromatic N) is 1. The lowest BCUT2D eigenvalue weighted by Crippen LogP contribution is -2.25. The van der Waals surface area contributed by atoms with Crippen molar-refractivity contribution in [3.8, 4) is 11.3 Å². The van der Waals surface area contributed by atoms with Gasteiger partial charge in [-0.05, 0) is 19.9 Å². The van der Waals surface area contributed by atoms with E-state index in [-0.39, 0.29) is 24.1 Å². The highest BCUT2D eigenvalue weighted by atomic mass is 35.5. The van der Waals surface area contributed by atoms with Crippen molar-refractivity contribution in [3.05, 3.63) is 41.7 Å². The van der Waals surface area contributed by atoms with Crippen LogP contribution in [0.1, 0.15) is 22.5 Å². The first-order valence-corrected chi connectivity index (χ1v) is 6.22. The molecule has 1 aromatic carbocycles. The second kappa shape index (κ2) is 7.67. The Morgan fingerprint density at radius 2 is 2.05 bits per heavy atom. The Labute approximate surface area is 123 Å². The van der Waals surface area contributed by atoms with Crippen molar-refractivity contribution in [2.75, 3.05) is 13.1 Å². The van der Waals surface area contributed by atoms with Gasteiger partial charge in [0.05, 0.1) is 0 Å². The molecular weight excluding hydrogens is 278 g/mol. The molecule has 1 heterocycles. The molecular formula is C14H18ClN3O2. The molecule has 0 saturated heterocycles. The summed E-state index contributed by atoms with van der Waals surface area (Å²) in [5.74, 6) is -0.0492. The molecule has 0 saturated carbocycles. The molecule has 2 rings (SSSR count). The van der Waals surface area contributed by atoms with Gasteiger partial charge < -0.3 is 15.6 Å². The fraction of sp³-hybridized carbons (Fsp3) is 0.286. The van der Waals surface area contributed by atoms with Crippen molar-refractivity contribution >= 4 is 18.3 Å². The number of hydrogen-bond donors (Lipinski definition) is 2. The third-order valence-electron chi connectivity index (χ3n) is 2.75. The number of carbonyl (C=O) groups is 1. The molecule has 0 aliphatic rings. The molecule has 0 atom stereocenters. The summed E-state index contributed by atoms with van der Waals surface area (Å²) in [4.78, 5) is 11.7. The molecule has 2 aromatic rings. The summed E-state index contributed by atoms with van der Waals surface area (Å²) < 4.78 is 5.05. The Bertz CT molecular complexity index is 552. The predicted molar refractivity (Wildman–Crippen MR) is 79.9 cm³/mol. The third-order valence-corrected chi connectivity index (χ3v) is 2.75. The van der Waals surface area contributed by atoms with Gasteiger partial charge in [0.2, 0.25) is 5.76 Å². The molecule has 1 amide bonds. The first kappa shape index (κ1) is 16.2. The third kappa shape index (κ3) is 4.08. The minimum Gasteiger partial charge on any atom is -0.350 e. The quantitative estimate of drug-likeness (QED) is 0.828. The van der Waals surface area contributed by atoms with Crippen molar-refractivity contribution in [2.24, 2.45) is 5.73 Å². The largest absolute Gasteiger partial charge is 0.350 e. The number of halogens is 1. The van der Waals surface area contributed by atoms with Crippen LogP contribution in [0.2, 0.25) is 0 Å². The minimum absolute atomic E-state index is 0. The van der Waals surface area contributed by atoms with Crippen LogP contribution in [0, 0.1) is 6.92 Å². The summed E-state index contributed by atoms with van der Waals surface area (Å²) in [6, 6.07) is 9.52. The van der Waals surface area contributed by atoms with Crippen molar-refractivity contribution in [3.63, 3.8) is 0 Å². The molecule has 108 valence electrons. The maximum Gasteiger partial charge on any atom is 0.289 e. The number of nitrogens with one attached hydrogen (secondary N) is 1. The Balaban J connectivity index is 0.00000200. The second-order valence-electron chi connectivity index (χ2n) is 4.34. The van der Waals surface area contributed by atoms with Crippen LogP contribution in [0.5, 0.6) is 0 Å². The zero-order valence-corrected chi connectivity index (χ0v) is 12.1. The maximum absolute atomic E-state index is 11.7. The van der Waals surface area contributed by atoms with Crippen molar-refractivity contribution < 1.29 is 9.32 Å². The summed E-state index contributed by atoms with van der Waals surface area (Å²) in [6.45, 7) is 3.10. The molecule has 0 bridgehead atoms. The average molecular weight is 296 g/mol. The minimum atomic E-state index is -0.265. The molecule has 3 N–H and O–H groups in total. The molecule has 0 aliphatic carbocycles. The van der Waals surface area contributed by atoms with Crippen LogP contribution in [-0.4, -0.2) is 24.2 Å². The number of benzene rings is 1. The summed E-state index contributed by atoms with van der Waals surface area (Å²) in [6.07, 6.45) is 0.741. The fourth-order valence-electron chi connectivity index (χ4n) is 1.63. The molecule has 1 aromatic heterocycles. The van der Waals surface area contributed by atoms with Gasteiger partial charge in [-0.3, -0.25) is 4.79 Å². The molecule has 20 heavy (non-hydrogen) atoms. The lowest BCUT2D eigenvalue weighted by molar-refractivity contribution is 0.0916. The van der Waals surface area contributed by atoms with Crippen LogP contribution in [0.15, 0.2) is 34.9 Å². The summed E-state index contributed by atoms with van der Waals surface area (Å²) in [5, 5.41) is 6.63. The van der Waals surface area contributed by atoms with Crippen LogP contribution in [0.25, 0.3) is 11.3 Å². The van der Waals surface area contributed by atoms with Gasteiger partial charge in [-0.25, -0.2) is 0 Å². The van der Waals surface area contributed by atoms with Gasteiger partial charge in [-0.2, -0.15) is 0 Å². The number of amides is 1. The lowest BCUT2D eigenvalue weighted by atomic mass is 10.1. The van der Waals surface area contributed by atoms with E-state index in [1.165, 1.54) is 5.56 Å². The van der Waals surface area contributed by atoms with Gasteiger partial charge in [0.1, 0.15) is 5.69 Å². The van der Waals surface area contributed by atoms with Crippen LogP contribution in [0.4, 0.5) is 0 Å². The Hall–Kier alpha value is -1.85. The number of hydrogen-bond acceptors (Lipinski definition) is 4. The molecule has 0 unspecified atom stereocenters. The van der Waals surface area contributed by atoms with Gasteiger partial charge in [-0.15, -0.1) is 12.4 Å². The standard InChI is InChI=1S/C14H17N3O2.ClH/c1-10-3-5-11(6-4-10)12-9-13(19-17-12)14(18)16-8-2-7-15;/h3-6,9H,2,7-8,15H2,1H3,(H,16,18);1H. The predicted octanol–water partition coefficient (Wildman–Crippen LogP) is 2.15. The van der Waals surface area contributed by atoms with Gasteiger partial charge >= 0.3 is 0 Å². The van der Waals surface area contributed by atoms with Gasteiger partial charge in [0.25, 0.3) is 5.91 Å². The Morgan fingerprint density at radius 3 is 2.70 bits per heavy atom. The Morgan fingerprint density at radius 1 is 1.35 bits per heavy atom. The smallest absolute Gasteiger partial charge is 0.289 e.